The summed E-state index contributed by atoms with van der Waals surface area (Å²) in [6, 6.07) is -6.63. The number of hydrogen-bond acceptors (Lipinski definition) is 1. The summed E-state index contributed by atoms with van der Waals surface area (Å²) in [4.78, 5) is 2.62. The van der Waals surface area contributed by atoms with E-state index in [0.29, 0.717) is 0 Å². The molecule has 0 amide bonds. The molecule has 0 aliphatic rings. The molecule has 1 aromatic rings. The van der Waals surface area contributed by atoms with Crippen molar-refractivity contribution in [3.8, 4) is 0 Å². The SMILES string of the molecule is FC(F)(F)C(F)(F)C(F)(F)C(F)(F)C(F)(F)C(F)(F)C(F)(F)C(F)(F)n1ccnc1. The Balaban J connectivity index is 3.67. The lowest BCUT2D eigenvalue weighted by Gasteiger charge is -2.42. The maximum absolute atomic E-state index is 13.5. The molecular formula is C11H3F17N2. The number of alkyl halides is 17. The Morgan fingerprint density at radius 2 is 0.800 bits per heavy atom. The summed E-state index contributed by atoms with van der Waals surface area (Å²) in [5.74, 6) is -49.9. The molecule has 30 heavy (non-hydrogen) atoms. The van der Waals surface area contributed by atoms with Gasteiger partial charge in [0.15, 0.2) is 0 Å². The predicted molar refractivity (Wildman–Crippen MR) is 58.2 cm³/mol. The van der Waals surface area contributed by atoms with Gasteiger partial charge in [-0.05, 0) is 0 Å². The minimum Gasteiger partial charge on any atom is -0.272 e. The van der Waals surface area contributed by atoms with Crippen LogP contribution in [0.4, 0.5) is 74.6 Å². The van der Waals surface area contributed by atoms with Crippen molar-refractivity contribution < 1.29 is 74.6 Å². The molecule has 0 atom stereocenters. The number of rotatable bonds is 7. The van der Waals surface area contributed by atoms with Crippen LogP contribution in [0.25, 0.3) is 0 Å². The highest BCUT2D eigenvalue weighted by Gasteiger charge is 2.95. The molecule has 1 rings (SSSR count). The van der Waals surface area contributed by atoms with Gasteiger partial charge in [0.05, 0.1) is 6.33 Å². The molecule has 0 saturated carbocycles. The minimum atomic E-state index is -8.63. The highest BCUT2D eigenvalue weighted by Crippen LogP contribution is 2.64. The van der Waals surface area contributed by atoms with Crippen molar-refractivity contribution in [1.82, 2.24) is 9.55 Å². The van der Waals surface area contributed by atoms with E-state index in [9.17, 15) is 74.6 Å². The second kappa shape index (κ2) is 6.51. The van der Waals surface area contributed by atoms with Gasteiger partial charge in [-0.15, -0.1) is 0 Å². The van der Waals surface area contributed by atoms with Crippen LogP contribution < -0.4 is 0 Å². The zero-order valence-corrected chi connectivity index (χ0v) is 13.1. The molecule has 0 radical (unpaired) electrons. The van der Waals surface area contributed by atoms with Gasteiger partial charge >= 0.3 is 47.8 Å². The second-order valence-corrected chi connectivity index (χ2v) is 5.46. The zero-order chi connectivity index (χ0) is 24.4. The smallest absolute Gasteiger partial charge is 0.272 e. The Morgan fingerprint density at radius 1 is 0.467 bits per heavy atom. The molecule has 0 aliphatic carbocycles. The Kier molecular flexibility index (Phi) is 5.65. The van der Waals surface area contributed by atoms with Crippen molar-refractivity contribution >= 4 is 0 Å². The van der Waals surface area contributed by atoms with Crippen LogP contribution in [0.1, 0.15) is 0 Å². The lowest BCUT2D eigenvalue weighted by Crippen LogP contribution is -2.74. The van der Waals surface area contributed by atoms with E-state index >= 15 is 0 Å². The van der Waals surface area contributed by atoms with Gasteiger partial charge in [0.2, 0.25) is 0 Å². The molecule has 0 spiro atoms. The van der Waals surface area contributed by atoms with Crippen molar-refractivity contribution in [2.24, 2.45) is 0 Å². The number of halogens is 17. The lowest BCUT2D eigenvalue weighted by molar-refractivity contribution is -0.466. The van der Waals surface area contributed by atoms with Gasteiger partial charge in [-0.25, -0.2) is 4.98 Å². The molecule has 1 heterocycles. The third kappa shape index (κ3) is 2.97. The van der Waals surface area contributed by atoms with E-state index in [0.717, 1.165) is 0 Å². The quantitative estimate of drug-likeness (QED) is 0.446. The molecule has 0 bridgehead atoms. The van der Waals surface area contributed by atoms with Crippen LogP contribution in [0, 0.1) is 0 Å². The summed E-state index contributed by atoms with van der Waals surface area (Å²) in [5, 5.41) is 0. The fourth-order valence-electron chi connectivity index (χ4n) is 1.74. The third-order valence-corrected chi connectivity index (χ3v) is 3.53. The van der Waals surface area contributed by atoms with Crippen molar-refractivity contribution in [1.29, 1.82) is 0 Å². The zero-order valence-electron chi connectivity index (χ0n) is 13.1. The fourth-order valence-corrected chi connectivity index (χ4v) is 1.74. The van der Waals surface area contributed by atoms with E-state index in [-0.39, 0.29) is 12.4 Å². The largest absolute Gasteiger partial charge is 0.460 e. The van der Waals surface area contributed by atoms with Gasteiger partial charge in [0.1, 0.15) is 0 Å². The highest BCUT2D eigenvalue weighted by molar-refractivity contribution is 5.14. The van der Waals surface area contributed by atoms with Crippen LogP contribution in [0.2, 0.25) is 0 Å². The van der Waals surface area contributed by atoms with Crippen molar-refractivity contribution in [3.63, 3.8) is 0 Å². The summed E-state index contributed by atoms with van der Waals surface area (Å²) in [6.45, 7) is 0. The summed E-state index contributed by atoms with van der Waals surface area (Å²) < 4.78 is 219. The monoisotopic (exact) mass is 486 g/mol. The average Bonchev–Trinajstić information content (AvgIpc) is 3.07. The molecule has 0 saturated heterocycles. The first-order valence-corrected chi connectivity index (χ1v) is 6.55. The summed E-state index contributed by atoms with van der Waals surface area (Å²) in [5.41, 5.74) is 0. The number of hydrogen-bond donors (Lipinski definition) is 0. The maximum Gasteiger partial charge on any atom is 0.460 e. The van der Waals surface area contributed by atoms with E-state index in [1.54, 1.807) is 0 Å². The van der Waals surface area contributed by atoms with Crippen LogP contribution in [-0.2, 0) is 6.05 Å². The lowest BCUT2D eigenvalue weighted by atomic mass is 9.90. The van der Waals surface area contributed by atoms with Crippen LogP contribution in [0.3, 0.4) is 0 Å². The van der Waals surface area contributed by atoms with E-state index in [1.165, 1.54) is 0 Å². The van der Waals surface area contributed by atoms with Crippen molar-refractivity contribution in [2.45, 2.75) is 47.8 Å². The molecule has 0 aliphatic heterocycles. The summed E-state index contributed by atoms with van der Waals surface area (Å²) in [7, 11) is 0. The highest BCUT2D eigenvalue weighted by atomic mass is 19.4. The van der Waals surface area contributed by atoms with E-state index in [1.807, 2.05) is 0 Å². The molecule has 1 aromatic heterocycles. The summed E-state index contributed by atoms with van der Waals surface area (Å²) in [6.07, 6.45) is -8.35. The molecular weight excluding hydrogens is 483 g/mol. The van der Waals surface area contributed by atoms with E-state index in [2.05, 4.69) is 4.98 Å². The fraction of sp³-hybridized carbons (Fsp3) is 0.727. The molecule has 0 fully saturated rings. The Bertz CT molecular complexity index is 744. The van der Waals surface area contributed by atoms with Gasteiger partial charge in [-0.1, -0.05) is 0 Å². The first-order valence-electron chi connectivity index (χ1n) is 6.55. The molecule has 19 heteroatoms. The first-order chi connectivity index (χ1) is 12.9. The molecule has 0 aromatic carbocycles. The predicted octanol–water partition coefficient (Wildman–Crippen LogP) is 5.81. The van der Waals surface area contributed by atoms with E-state index < -0.39 is 58.7 Å². The Labute approximate surface area is 152 Å². The van der Waals surface area contributed by atoms with Gasteiger partial charge in [-0.2, -0.15) is 74.6 Å². The molecule has 2 nitrogen and oxygen atoms in total. The normalized spacial score (nSPS) is 16.2. The van der Waals surface area contributed by atoms with Crippen LogP contribution in [-0.4, -0.2) is 51.3 Å². The Hall–Kier alpha value is -1.98. The maximum atomic E-state index is 13.5. The van der Waals surface area contributed by atoms with E-state index in [4.69, 9.17) is 0 Å². The topological polar surface area (TPSA) is 17.8 Å². The van der Waals surface area contributed by atoms with Crippen molar-refractivity contribution in [2.75, 3.05) is 0 Å². The molecule has 0 N–H and O–H groups in total. The number of nitrogens with zero attached hydrogens (tertiary/aromatic N) is 2. The molecule has 0 unspecified atom stereocenters. The van der Waals surface area contributed by atoms with Crippen LogP contribution >= 0.6 is 0 Å². The first kappa shape index (κ1) is 26.1. The van der Waals surface area contributed by atoms with Gasteiger partial charge in [-0.3, -0.25) is 4.57 Å². The van der Waals surface area contributed by atoms with Gasteiger partial charge in [0.25, 0.3) is 0 Å². The third-order valence-electron chi connectivity index (χ3n) is 3.53. The van der Waals surface area contributed by atoms with Gasteiger partial charge < -0.3 is 0 Å². The average molecular weight is 486 g/mol. The van der Waals surface area contributed by atoms with Crippen LogP contribution in [0.15, 0.2) is 18.7 Å². The number of imidazole rings is 1. The minimum absolute atomic E-state index is 0.160. The standard InChI is InChI=1S/C11H3F17N2/c12-4(13,6(16,17)8(20,21)10(24,25)26)5(14,15)7(18,19)9(22,23)11(27,28)30-2-1-29-3-30/h1-3H. The summed E-state index contributed by atoms with van der Waals surface area (Å²) >= 11 is 0. The van der Waals surface area contributed by atoms with Gasteiger partial charge in [0, 0.05) is 12.4 Å². The van der Waals surface area contributed by atoms with Crippen LogP contribution in [0.5, 0.6) is 0 Å². The number of aromatic nitrogens is 2. The molecule has 176 valence electrons. The second-order valence-electron chi connectivity index (χ2n) is 5.46. The van der Waals surface area contributed by atoms with Crippen molar-refractivity contribution in [3.05, 3.63) is 18.7 Å². The Morgan fingerprint density at radius 3 is 1.10 bits per heavy atom.